The summed E-state index contributed by atoms with van der Waals surface area (Å²) in [6.45, 7) is 4.96. The zero-order valence-corrected chi connectivity index (χ0v) is 16.5. The predicted octanol–water partition coefficient (Wildman–Crippen LogP) is 3.04. The first-order chi connectivity index (χ1) is 13.2. The van der Waals surface area contributed by atoms with Gasteiger partial charge in [-0.2, -0.15) is 0 Å². The number of rotatable bonds is 4. The molecule has 0 spiro atoms. The smallest absolute Gasteiger partial charge is 0.321 e. The van der Waals surface area contributed by atoms with Crippen molar-refractivity contribution in [3.8, 4) is 0 Å². The molecule has 1 N–H and O–H groups in total. The highest BCUT2D eigenvalue weighted by atomic mass is 79.9. The molecule has 4 rings (SSSR count). The first kappa shape index (κ1) is 17.9. The highest BCUT2D eigenvalue weighted by molar-refractivity contribution is 9.10. The van der Waals surface area contributed by atoms with Crippen LogP contribution >= 0.6 is 15.9 Å². The van der Waals surface area contributed by atoms with Gasteiger partial charge in [0.25, 0.3) is 0 Å². The van der Waals surface area contributed by atoms with Gasteiger partial charge < -0.3 is 14.8 Å². The van der Waals surface area contributed by atoms with E-state index in [0.717, 1.165) is 60.6 Å². The summed E-state index contributed by atoms with van der Waals surface area (Å²) in [5.74, 6) is 0. The number of amides is 2. The molecule has 7 nitrogen and oxygen atoms in total. The van der Waals surface area contributed by atoms with Gasteiger partial charge in [-0.15, -0.1) is 0 Å². The van der Waals surface area contributed by atoms with Gasteiger partial charge in [-0.3, -0.25) is 4.90 Å². The first-order valence-electron chi connectivity index (χ1n) is 8.99. The Kier molecular flexibility index (Phi) is 5.35. The van der Waals surface area contributed by atoms with Gasteiger partial charge in [0.05, 0.1) is 6.33 Å². The molecule has 8 heteroatoms. The zero-order chi connectivity index (χ0) is 18.6. The van der Waals surface area contributed by atoms with Crippen molar-refractivity contribution in [2.75, 3.05) is 38.0 Å². The van der Waals surface area contributed by atoms with Crippen molar-refractivity contribution < 1.29 is 4.79 Å². The van der Waals surface area contributed by atoms with E-state index in [1.54, 1.807) is 6.20 Å². The van der Waals surface area contributed by atoms with Crippen molar-refractivity contribution >= 4 is 38.8 Å². The van der Waals surface area contributed by atoms with E-state index in [0.29, 0.717) is 0 Å². The van der Waals surface area contributed by atoms with Gasteiger partial charge in [0, 0.05) is 55.6 Å². The van der Waals surface area contributed by atoms with Crippen molar-refractivity contribution in [3.63, 3.8) is 0 Å². The summed E-state index contributed by atoms with van der Waals surface area (Å²) in [6.07, 6.45) is 3.64. The van der Waals surface area contributed by atoms with E-state index >= 15 is 0 Å². The van der Waals surface area contributed by atoms with Gasteiger partial charge in [-0.25, -0.2) is 14.8 Å². The minimum Gasteiger partial charge on any atom is -0.322 e. The maximum atomic E-state index is 12.4. The number of fused-ring (bicyclic) bond motifs is 1. The van der Waals surface area contributed by atoms with Crippen LogP contribution in [0.25, 0.3) is 11.2 Å². The van der Waals surface area contributed by atoms with Crippen LogP contribution in [0.3, 0.4) is 0 Å². The molecule has 140 valence electrons. The van der Waals surface area contributed by atoms with Crippen LogP contribution in [0, 0.1) is 0 Å². The summed E-state index contributed by atoms with van der Waals surface area (Å²) in [5.41, 5.74) is 2.65. The minimum atomic E-state index is -0.0400. The fourth-order valence-corrected chi connectivity index (χ4v) is 3.48. The van der Waals surface area contributed by atoms with Crippen LogP contribution in [0.15, 0.2) is 53.4 Å². The van der Waals surface area contributed by atoms with E-state index in [-0.39, 0.29) is 6.03 Å². The number of hydrogen-bond donors (Lipinski definition) is 1. The Morgan fingerprint density at radius 2 is 1.81 bits per heavy atom. The summed E-state index contributed by atoms with van der Waals surface area (Å²) < 4.78 is 3.08. The van der Waals surface area contributed by atoms with E-state index < -0.39 is 0 Å². The molecule has 0 unspecified atom stereocenters. The third kappa shape index (κ3) is 4.28. The lowest BCUT2D eigenvalue weighted by atomic mass is 10.3. The molecule has 2 aromatic heterocycles. The number of carbonyl (C=O) groups is 1. The van der Waals surface area contributed by atoms with Gasteiger partial charge in [0.15, 0.2) is 5.65 Å². The van der Waals surface area contributed by atoms with Crippen molar-refractivity contribution in [1.82, 2.24) is 24.3 Å². The number of hydrogen-bond acceptors (Lipinski definition) is 4. The molecule has 0 aliphatic carbocycles. The molecule has 0 bridgehead atoms. The summed E-state index contributed by atoms with van der Waals surface area (Å²) in [7, 11) is 0. The van der Waals surface area contributed by atoms with Crippen LogP contribution in [-0.2, 0) is 6.54 Å². The monoisotopic (exact) mass is 428 g/mol. The Morgan fingerprint density at radius 3 is 2.59 bits per heavy atom. The van der Waals surface area contributed by atoms with Gasteiger partial charge in [0.2, 0.25) is 0 Å². The normalized spacial score (nSPS) is 15.2. The Labute approximate surface area is 166 Å². The fourth-order valence-electron chi connectivity index (χ4n) is 3.22. The van der Waals surface area contributed by atoms with Gasteiger partial charge in [0.1, 0.15) is 5.52 Å². The molecule has 0 saturated carbocycles. The Bertz CT molecular complexity index is 917. The highest BCUT2D eigenvalue weighted by Crippen LogP contribution is 2.15. The van der Waals surface area contributed by atoms with E-state index in [1.807, 2.05) is 47.6 Å². The molecular formula is C19H21BrN6O. The second-order valence-electron chi connectivity index (χ2n) is 6.55. The fraction of sp³-hybridized carbons (Fsp3) is 0.316. The molecule has 1 saturated heterocycles. The number of aromatic nitrogens is 3. The maximum Gasteiger partial charge on any atom is 0.321 e. The molecule has 0 atom stereocenters. The van der Waals surface area contributed by atoms with Gasteiger partial charge in [-0.1, -0.05) is 15.9 Å². The lowest BCUT2D eigenvalue weighted by Gasteiger charge is -2.34. The number of nitrogens with one attached hydrogen (secondary N) is 1. The van der Waals surface area contributed by atoms with Gasteiger partial charge >= 0.3 is 6.03 Å². The molecule has 1 aliphatic rings. The molecule has 3 aromatic rings. The largest absolute Gasteiger partial charge is 0.322 e. The van der Waals surface area contributed by atoms with Crippen LogP contribution in [0.2, 0.25) is 0 Å². The summed E-state index contributed by atoms with van der Waals surface area (Å²) in [4.78, 5) is 25.4. The maximum absolute atomic E-state index is 12.4. The van der Waals surface area contributed by atoms with E-state index in [2.05, 4.69) is 40.7 Å². The molecule has 1 aliphatic heterocycles. The summed E-state index contributed by atoms with van der Waals surface area (Å²) in [5, 5.41) is 2.96. The number of halogens is 1. The third-order valence-electron chi connectivity index (χ3n) is 4.79. The van der Waals surface area contributed by atoms with Crippen LogP contribution in [0.1, 0.15) is 0 Å². The number of urea groups is 1. The predicted molar refractivity (Wildman–Crippen MR) is 109 cm³/mol. The van der Waals surface area contributed by atoms with E-state index in [9.17, 15) is 4.79 Å². The van der Waals surface area contributed by atoms with Crippen LogP contribution in [0.5, 0.6) is 0 Å². The highest BCUT2D eigenvalue weighted by Gasteiger charge is 2.21. The lowest BCUT2D eigenvalue weighted by Crippen LogP contribution is -2.50. The number of benzene rings is 1. The van der Waals surface area contributed by atoms with Crippen molar-refractivity contribution in [3.05, 3.63) is 53.4 Å². The second kappa shape index (κ2) is 8.06. The second-order valence-corrected chi connectivity index (χ2v) is 7.47. The number of imidazole rings is 1. The summed E-state index contributed by atoms with van der Waals surface area (Å²) in [6, 6.07) is 11.5. The summed E-state index contributed by atoms with van der Waals surface area (Å²) >= 11 is 3.40. The minimum absolute atomic E-state index is 0.0400. The Hall–Kier alpha value is -2.45. The molecule has 27 heavy (non-hydrogen) atoms. The molecule has 1 fully saturated rings. The standard InChI is InChI=1S/C19H21BrN6O/c20-15-3-5-16(6-4-15)23-19(27)25-11-8-24(9-12-25)10-13-26-14-22-17-2-1-7-21-18(17)26/h1-7,14H,8-13H2,(H,23,27). The van der Waals surface area contributed by atoms with E-state index in [1.165, 1.54) is 0 Å². The topological polar surface area (TPSA) is 66.3 Å². The zero-order valence-electron chi connectivity index (χ0n) is 14.9. The van der Waals surface area contributed by atoms with Crippen LogP contribution in [-0.4, -0.2) is 63.1 Å². The quantitative estimate of drug-likeness (QED) is 0.693. The number of piperazine rings is 1. The van der Waals surface area contributed by atoms with Gasteiger partial charge in [-0.05, 0) is 36.4 Å². The average Bonchev–Trinajstić information content (AvgIpc) is 3.12. The molecule has 2 amide bonds. The van der Waals surface area contributed by atoms with Crippen molar-refractivity contribution in [2.24, 2.45) is 0 Å². The number of carbonyl (C=O) groups excluding carboxylic acids is 1. The number of nitrogens with zero attached hydrogens (tertiary/aromatic N) is 5. The van der Waals surface area contributed by atoms with E-state index in [4.69, 9.17) is 0 Å². The first-order valence-corrected chi connectivity index (χ1v) is 9.78. The Morgan fingerprint density at radius 1 is 1.04 bits per heavy atom. The number of anilines is 1. The SMILES string of the molecule is O=C(Nc1ccc(Br)cc1)N1CCN(CCn2cnc3cccnc32)CC1. The molecule has 0 radical (unpaired) electrons. The molecule has 1 aromatic carbocycles. The van der Waals surface area contributed by atoms with Crippen LogP contribution in [0.4, 0.5) is 10.5 Å². The third-order valence-corrected chi connectivity index (χ3v) is 5.32. The Balaban J connectivity index is 1.26. The van der Waals surface area contributed by atoms with Crippen molar-refractivity contribution in [2.45, 2.75) is 6.54 Å². The van der Waals surface area contributed by atoms with Crippen molar-refractivity contribution in [1.29, 1.82) is 0 Å². The molecular weight excluding hydrogens is 408 g/mol. The molecule has 3 heterocycles. The lowest BCUT2D eigenvalue weighted by molar-refractivity contribution is 0.144. The van der Waals surface area contributed by atoms with Crippen LogP contribution < -0.4 is 5.32 Å². The average molecular weight is 429 g/mol. The number of pyridine rings is 1.